The van der Waals surface area contributed by atoms with Gasteiger partial charge in [0.1, 0.15) is 0 Å². The lowest BCUT2D eigenvalue weighted by Gasteiger charge is -2.36. The predicted molar refractivity (Wildman–Crippen MR) is 123 cm³/mol. The monoisotopic (exact) mass is 443 g/mol. The minimum absolute atomic E-state index is 0.0526. The largest absolute Gasteiger partial charge is 0.352 e. The Hall–Kier alpha value is -1.96. The van der Waals surface area contributed by atoms with Crippen molar-refractivity contribution in [3.05, 3.63) is 42.5 Å². The highest BCUT2D eigenvalue weighted by Crippen LogP contribution is 2.29. The van der Waals surface area contributed by atoms with Crippen LogP contribution in [0.4, 0.5) is 0 Å². The molecule has 3 atom stereocenters. The van der Waals surface area contributed by atoms with E-state index in [2.05, 4.69) is 24.1 Å². The van der Waals surface area contributed by atoms with E-state index in [-0.39, 0.29) is 11.9 Å². The van der Waals surface area contributed by atoms with Gasteiger partial charge in [-0.3, -0.25) is 9.69 Å². The molecule has 6 nitrogen and oxygen atoms in total. The van der Waals surface area contributed by atoms with Gasteiger partial charge in [-0.2, -0.15) is 4.31 Å². The fourth-order valence-electron chi connectivity index (χ4n) is 4.85. The molecule has 2 aromatic rings. The Kier molecular flexibility index (Phi) is 6.65. The second-order valence-corrected chi connectivity index (χ2v) is 11.1. The van der Waals surface area contributed by atoms with Crippen LogP contribution in [0.1, 0.15) is 33.1 Å². The predicted octanol–water partition coefficient (Wildman–Crippen LogP) is 3.09. The summed E-state index contributed by atoms with van der Waals surface area (Å²) in [5.41, 5.74) is 0. The smallest absolute Gasteiger partial charge is 0.243 e. The average Bonchev–Trinajstić information content (AvgIpc) is 2.77. The van der Waals surface area contributed by atoms with E-state index in [1.807, 2.05) is 30.3 Å². The first kappa shape index (κ1) is 22.2. The zero-order chi connectivity index (χ0) is 22.0. The van der Waals surface area contributed by atoms with E-state index in [1.54, 1.807) is 12.1 Å². The molecule has 0 radical (unpaired) electrons. The van der Waals surface area contributed by atoms with E-state index in [0.29, 0.717) is 49.5 Å². The fraction of sp³-hybridized carbons (Fsp3) is 0.542. The summed E-state index contributed by atoms with van der Waals surface area (Å²) in [5, 5.41) is 5.17. The van der Waals surface area contributed by atoms with E-state index < -0.39 is 10.0 Å². The van der Waals surface area contributed by atoms with Crippen LogP contribution < -0.4 is 5.32 Å². The molecule has 1 N–H and O–H groups in total. The van der Waals surface area contributed by atoms with E-state index in [4.69, 9.17) is 0 Å². The number of nitrogens with zero attached hydrogens (tertiary/aromatic N) is 2. The number of carbonyl (C=O) groups is 1. The first-order valence-corrected chi connectivity index (χ1v) is 12.8. The van der Waals surface area contributed by atoms with Gasteiger partial charge in [-0.25, -0.2) is 8.42 Å². The van der Waals surface area contributed by atoms with Crippen molar-refractivity contribution >= 4 is 26.7 Å². The Morgan fingerprint density at radius 1 is 1.00 bits per heavy atom. The van der Waals surface area contributed by atoms with Crippen molar-refractivity contribution in [2.24, 2.45) is 11.8 Å². The molecule has 1 amide bonds. The van der Waals surface area contributed by atoms with Gasteiger partial charge in [-0.15, -0.1) is 0 Å². The number of amides is 1. The highest BCUT2D eigenvalue weighted by molar-refractivity contribution is 7.89. The van der Waals surface area contributed by atoms with Crippen molar-refractivity contribution in [2.75, 3.05) is 32.7 Å². The van der Waals surface area contributed by atoms with Crippen LogP contribution in [-0.4, -0.2) is 62.3 Å². The molecule has 31 heavy (non-hydrogen) atoms. The Bertz CT molecular complexity index is 1030. The minimum atomic E-state index is -3.54. The zero-order valence-corrected chi connectivity index (χ0v) is 19.3. The van der Waals surface area contributed by atoms with E-state index in [9.17, 15) is 13.2 Å². The number of fused-ring (bicyclic) bond motifs is 1. The lowest BCUT2D eigenvalue weighted by molar-refractivity contribution is -0.124. The van der Waals surface area contributed by atoms with Crippen LogP contribution in [0.3, 0.4) is 0 Å². The SMILES string of the molecule is C[C@@H]1[C@@H](C)CCC[C@H]1NC(=O)CN1CCN(S(=O)(=O)c2ccc3ccccc3c2)CC1. The number of nitrogens with one attached hydrogen (secondary N) is 1. The summed E-state index contributed by atoms with van der Waals surface area (Å²) in [4.78, 5) is 15.0. The quantitative estimate of drug-likeness (QED) is 0.771. The molecule has 2 fully saturated rings. The molecule has 1 aliphatic carbocycles. The molecular formula is C24H33N3O3S. The maximum Gasteiger partial charge on any atom is 0.243 e. The third-order valence-corrected chi connectivity index (χ3v) is 9.01. The van der Waals surface area contributed by atoms with Crippen LogP contribution in [0.5, 0.6) is 0 Å². The Morgan fingerprint density at radius 2 is 1.71 bits per heavy atom. The van der Waals surface area contributed by atoms with Crippen LogP contribution in [0.25, 0.3) is 10.8 Å². The number of benzene rings is 2. The van der Waals surface area contributed by atoms with Crippen LogP contribution >= 0.6 is 0 Å². The summed E-state index contributed by atoms with van der Waals surface area (Å²) in [7, 11) is -3.54. The van der Waals surface area contributed by atoms with Gasteiger partial charge in [0, 0.05) is 32.2 Å². The summed E-state index contributed by atoms with van der Waals surface area (Å²) < 4.78 is 27.8. The third-order valence-electron chi connectivity index (χ3n) is 7.11. The molecule has 1 saturated heterocycles. The van der Waals surface area contributed by atoms with Gasteiger partial charge in [0.2, 0.25) is 15.9 Å². The van der Waals surface area contributed by atoms with Crippen LogP contribution in [-0.2, 0) is 14.8 Å². The molecule has 2 aliphatic rings. The number of sulfonamides is 1. The first-order chi connectivity index (χ1) is 14.8. The van der Waals surface area contributed by atoms with Crippen molar-refractivity contribution in [3.63, 3.8) is 0 Å². The molecule has 0 spiro atoms. The highest BCUT2D eigenvalue weighted by Gasteiger charge is 2.31. The van der Waals surface area contributed by atoms with E-state index in [1.165, 1.54) is 17.1 Å². The minimum Gasteiger partial charge on any atom is -0.352 e. The molecule has 2 aromatic carbocycles. The second kappa shape index (κ2) is 9.27. The second-order valence-electron chi connectivity index (χ2n) is 9.13. The summed E-state index contributed by atoms with van der Waals surface area (Å²) in [6.07, 6.45) is 3.46. The van der Waals surface area contributed by atoms with Crippen LogP contribution in [0.15, 0.2) is 47.4 Å². The van der Waals surface area contributed by atoms with Crippen molar-refractivity contribution in [2.45, 2.75) is 44.0 Å². The normalized spacial score (nSPS) is 26.1. The van der Waals surface area contributed by atoms with Crippen molar-refractivity contribution in [1.82, 2.24) is 14.5 Å². The average molecular weight is 444 g/mol. The molecule has 0 bridgehead atoms. The molecular weight excluding hydrogens is 410 g/mol. The van der Waals surface area contributed by atoms with Gasteiger partial charge in [-0.05, 0) is 41.2 Å². The lowest BCUT2D eigenvalue weighted by atomic mass is 9.78. The Morgan fingerprint density at radius 3 is 2.45 bits per heavy atom. The van der Waals surface area contributed by atoms with E-state index in [0.717, 1.165) is 17.2 Å². The third kappa shape index (κ3) is 4.94. The maximum atomic E-state index is 13.1. The molecule has 0 unspecified atom stereocenters. The van der Waals surface area contributed by atoms with E-state index >= 15 is 0 Å². The van der Waals surface area contributed by atoms with Gasteiger partial charge in [-0.1, -0.05) is 57.0 Å². The van der Waals surface area contributed by atoms with Crippen molar-refractivity contribution in [1.29, 1.82) is 0 Å². The molecule has 0 aromatic heterocycles. The van der Waals surface area contributed by atoms with Gasteiger partial charge in [0.25, 0.3) is 0 Å². The standard InChI is InChI=1S/C24H33N3O3S/c1-18-6-5-9-23(19(18)2)25-24(28)17-26-12-14-27(15-13-26)31(29,30)22-11-10-20-7-3-4-8-21(20)16-22/h3-4,7-8,10-11,16,18-19,23H,5-6,9,12-15,17H2,1-2H3,(H,25,28)/t18-,19+,23+/m0/s1. The highest BCUT2D eigenvalue weighted by atomic mass is 32.2. The summed E-state index contributed by atoms with van der Waals surface area (Å²) >= 11 is 0. The molecule has 1 heterocycles. The topological polar surface area (TPSA) is 69.7 Å². The lowest BCUT2D eigenvalue weighted by Crippen LogP contribution is -2.52. The number of rotatable bonds is 5. The van der Waals surface area contributed by atoms with Gasteiger partial charge in [0.05, 0.1) is 11.4 Å². The summed E-state index contributed by atoms with van der Waals surface area (Å²) in [6.45, 7) is 6.76. The number of hydrogen-bond donors (Lipinski definition) is 1. The van der Waals surface area contributed by atoms with Gasteiger partial charge < -0.3 is 5.32 Å². The molecule has 7 heteroatoms. The zero-order valence-electron chi connectivity index (χ0n) is 18.5. The summed E-state index contributed by atoms with van der Waals surface area (Å²) in [6, 6.07) is 13.3. The number of hydrogen-bond acceptors (Lipinski definition) is 4. The van der Waals surface area contributed by atoms with Crippen molar-refractivity contribution in [3.8, 4) is 0 Å². The van der Waals surface area contributed by atoms with Gasteiger partial charge in [0.15, 0.2) is 0 Å². The summed E-state index contributed by atoms with van der Waals surface area (Å²) in [5.74, 6) is 1.20. The number of piperazine rings is 1. The molecule has 1 saturated carbocycles. The van der Waals surface area contributed by atoms with Crippen molar-refractivity contribution < 1.29 is 13.2 Å². The van der Waals surface area contributed by atoms with Crippen LogP contribution in [0, 0.1) is 11.8 Å². The Labute approximate surface area is 185 Å². The maximum absolute atomic E-state index is 13.1. The first-order valence-electron chi connectivity index (χ1n) is 11.4. The molecule has 168 valence electrons. The molecule has 4 rings (SSSR count). The fourth-order valence-corrected chi connectivity index (χ4v) is 6.30. The number of carbonyl (C=O) groups excluding carboxylic acids is 1. The molecule has 1 aliphatic heterocycles. The van der Waals surface area contributed by atoms with Gasteiger partial charge >= 0.3 is 0 Å². The Balaban J connectivity index is 1.32. The van der Waals surface area contributed by atoms with Crippen LogP contribution in [0.2, 0.25) is 0 Å².